The Hall–Kier alpha value is -3.01. The van der Waals surface area contributed by atoms with E-state index >= 15 is 0 Å². The summed E-state index contributed by atoms with van der Waals surface area (Å²) in [7, 11) is 0. The number of aromatic nitrogens is 2. The van der Waals surface area contributed by atoms with Crippen LogP contribution in [0.2, 0.25) is 0 Å². The molecule has 0 radical (unpaired) electrons. The smallest absolute Gasteiger partial charge is 0.255 e. The van der Waals surface area contributed by atoms with Gasteiger partial charge in [0.05, 0.1) is 5.56 Å². The molecule has 0 spiro atoms. The number of pyridine rings is 2. The first-order valence-electron chi connectivity index (χ1n) is 8.88. The molecule has 1 aromatic carbocycles. The van der Waals surface area contributed by atoms with Gasteiger partial charge < -0.3 is 4.90 Å². The normalized spacial score (nSPS) is 11.7. The number of nitrogens with zero attached hydrogens (tertiary/aromatic N) is 3. The third kappa shape index (κ3) is 4.76. The molecule has 0 N–H and O–H groups in total. The first kappa shape index (κ1) is 17.8. The van der Waals surface area contributed by atoms with Crippen molar-refractivity contribution in [2.45, 2.75) is 32.4 Å². The number of hydrogen-bond donors (Lipinski definition) is 0. The molecule has 0 aliphatic carbocycles. The molecule has 3 rings (SSSR count). The van der Waals surface area contributed by atoms with Crippen molar-refractivity contribution in [3.05, 3.63) is 96.1 Å². The number of rotatable bonds is 7. The highest BCUT2D eigenvalue weighted by atomic mass is 16.2. The van der Waals surface area contributed by atoms with Crippen molar-refractivity contribution in [3.63, 3.8) is 0 Å². The van der Waals surface area contributed by atoms with Crippen molar-refractivity contribution in [1.82, 2.24) is 14.9 Å². The quantitative estimate of drug-likeness (QED) is 0.646. The molecule has 0 aliphatic rings. The van der Waals surface area contributed by atoms with Gasteiger partial charge in [-0.15, -0.1) is 0 Å². The van der Waals surface area contributed by atoms with Gasteiger partial charge in [0, 0.05) is 37.4 Å². The van der Waals surface area contributed by atoms with Crippen molar-refractivity contribution in [3.8, 4) is 0 Å². The molecular weight excluding hydrogens is 322 g/mol. The Bertz CT molecular complexity index is 807. The number of carbonyl (C=O) groups is 1. The summed E-state index contributed by atoms with van der Waals surface area (Å²) >= 11 is 0. The number of aryl methyl sites for hydroxylation is 1. The van der Waals surface area contributed by atoms with Crippen LogP contribution in [0.5, 0.6) is 0 Å². The van der Waals surface area contributed by atoms with Crippen LogP contribution in [-0.4, -0.2) is 26.8 Å². The summed E-state index contributed by atoms with van der Waals surface area (Å²) in [6.45, 7) is 2.64. The molecule has 0 saturated carbocycles. The number of carbonyl (C=O) groups excluding carboxylic acids is 1. The van der Waals surface area contributed by atoms with Gasteiger partial charge in [0.2, 0.25) is 0 Å². The molecule has 1 amide bonds. The highest BCUT2D eigenvalue weighted by Crippen LogP contribution is 2.16. The Balaban J connectivity index is 1.76. The minimum atomic E-state index is 0.00233. The molecule has 0 saturated heterocycles. The summed E-state index contributed by atoms with van der Waals surface area (Å²) in [6.07, 6.45) is 8.70. The van der Waals surface area contributed by atoms with Crippen molar-refractivity contribution < 1.29 is 4.79 Å². The minimum absolute atomic E-state index is 0.00233. The molecule has 4 nitrogen and oxygen atoms in total. The Kier molecular flexibility index (Phi) is 6.09. The lowest BCUT2D eigenvalue weighted by molar-refractivity contribution is 0.0667. The second kappa shape index (κ2) is 8.90. The number of benzene rings is 1. The first-order valence-corrected chi connectivity index (χ1v) is 8.88. The van der Waals surface area contributed by atoms with Crippen LogP contribution in [0.1, 0.15) is 34.8 Å². The predicted molar refractivity (Wildman–Crippen MR) is 103 cm³/mol. The van der Waals surface area contributed by atoms with Gasteiger partial charge >= 0.3 is 0 Å². The molecule has 132 valence electrons. The van der Waals surface area contributed by atoms with Crippen molar-refractivity contribution in [1.29, 1.82) is 0 Å². The maximum atomic E-state index is 13.1. The van der Waals surface area contributed by atoms with Gasteiger partial charge in [-0.25, -0.2) is 0 Å². The first-order chi connectivity index (χ1) is 12.7. The molecular formula is C22H23N3O. The Morgan fingerprint density at radius 3 is 2.27 bits per heavy atom. The molecule has 2 heterocycles. The van der Waals surface area contributed by atoms with Crippen LogP contribution in [0.4, 0.5) is 0 Å². The fraction of sp³-hybridized carbons (Fsp3) is 0.227. The molecule has 1 unspecified atom stereocenters. The monoisotopic (exact) mass is 345 g/mol. The third-order valence-electron chi connectivity index (χ3n) is 4.47. The third-order valence-corrected chi connectivity index (χ3v) is 4.47. The van der Waals surface area contributed by atoms with E-state index in [1.54, 1.807) is 24.7 Å². The lowest BCUT2D eigenvalue weighted by atomic mass is 10.0. The van der Waals surface area contributed by atoms with Crippen LogP contribution in [0.3, 0.4) is 0 Å². The second-order valence-electron chi connectivity index (χ2n) is 6.41. The maximum absolute atomic E-state index is 13.1. The summed E-state index contributed by atoms with van der Waals surface area (Å²) in [6, 6.07) is 18.0. The van der Waals surface area contributed by atoms with Gasteiger partial charge in [-0.05, 0) is 49.1 Å². The van der Waals surface area contributed by atoms with E-state index in [4.69, 9.17) is 0 Å². The largest absolute Gasteiger partial charge is 0.331 e. The fourth-order valence-electron chi connectivity index (χ4n) is 2.95. The van der Waals surface area contributed by atoms with E-state index < -0.39 is 0 Å². The zero-order valence-electron chi connectivity index (χ0n) is 15.0. The highest BCUT2D eigenvalue weighted by Gasteiger charge is 2.22. The SMILES string of the molecule is CC(CCc1ccccc1)N(Cc1cccnc1)C(=O)c1cccnc1. The zero-order valence-corrected chi connectivity index (χ0v) is 15.0. The van der Waals surface area contributed by atoms with E-state index in [9.17, 15) is 4.79 Å². The van der Waals surface area contributed by atoms with Crippen LogP contribution >= 0.6 is 0 Å². The fourth-order valence-corrected chi connectivity index (χ4v) is 2.95. The van der Waals surface area contributed by atoms with E-state index in [0.29, 0.717) is 12.1 Å². The van der Waals surface area contributed by atoms with E-state index in [1.807, 2.05) is 47.5 Å². The topological polar surface area (TPSA) is 46.1 Å². The number of hydrogen-bond acceptors (Lipinski definition) is 3. The lowest BCUT2D eigenvalue weighted by Gasteiger charge is -2.29. The van der Waals surface area contributed by atoms with Crippen molar-refractivity contribution in [2.24, 2.45) is 0 Å². The maximum Gasteiger partial charge on any atom is 0.255 e. The second-order valence-corrected chi connectivity index (χ2v) is 6.41. The minimum Gasteiger partial charge on any atom is -0.331 e. The Morgan fingerprint density at radius 2 is 1.62 bits per heavy atom. The van der Waals surface area contributed by atoms with Crippen molar-refractivity contribution >= 4 is 5.91 Å². The summed E-state index contributed by atoms with van der Waals surface area (Å²) in [5.41, 5.74) is 2.92. The van der Waals surface area contributed by atoms with Gasteiger partial charge in [-0.2, -0.15) is 0 Å². The van der Waals surface area contributed by atoms with Crippen LogP contribution < -0.4 is 0 Å². The standard InChI is InChI=1S/C22H23N3O/c1-18(11-12-19-7-3-2-4-8-19)25(17-20-9-5-13-23-15-20)22(26)21-10-6-14-24-16-21/h2-10,13-16,18H,11-12,17H2,1H3. The summed E-state index contributed by atoms with van der Waals surface area (Å²) in [4.78, 5) is 23.2. The molecule has 0 bridgehead atoms. The van der Waals surface area contributed by atoms with E-state index in [-0.39, 0.29) is 11.9 Å². The average Bonchev–Trinajstić information content (AvgIpc) is 2.72. The van der Waals surface area contributed by atoms with Crippen LogP contribution in [0.25, 0.3) is 0 Å². The molecule has 0 aliphatic heterocycles. The zero-order chi connectivity index (χ0) is 18.2. The van der Waals surface area contributed by atoms with Gasteiger partial charge in [-0.3, -0.25) is 14.8 Å². The van der Waals surface area contributed by atoms with Crippen LogP contribution in [0, 0.1) is 0 Å². The number of amides is 1. The highest BCUT2D eigenvalue weighted by molar-refractivity contribution is 5.94. The molecule has 0 fully saturated rings. The van der Waals surface area contributed by atoms with Crippen LogP contribution in [0.15, 0.2) is 79.4 Å². The van der Waals surface area contributed by atoms with Gasteiger partial charge in [0.25, 0.3) is 5.91 Å². The lowest BCUT2D eigenvalue weighted by Crippen LogP contribution is -2.38. The molecule has 4 heteroatoms. The van der Waals surface area contributed by atoms with E-state index in [1.165, 1.54) is 5.56 Å². The molecule has 1 atom stereocenters. The van der Waals surface area contributed by atoms with Gasteiger partial charge in [-0.1, -0.05) is 36.4 Å². The van der Waals surface area contributed by atoms with E-state index in [2.05, 4.69) is 29.0 Å². The van der Waals surface area contributed by atoms with Gasteiger partial charge in [0.15, 0.2) is 0 Å². The predicted octanol–water partition coefficient (Wildman–Crippen LogP) is 4.14. The molecule has 2 aromatic heterocycles. The summed E-state index contributed by atoms with van der Waals surface area (Å²) < 4.78 is 0. The Morgan fingerprint density at radius 1 is 0.923 bits per heavy atom. The average molecular weight is 345 g/mol. The Labute approximate surface area is 154 Å². The summed E-state index contributed by atoms with van der Waals surface area (Å²) in [5, 5.41) is 0. The van der Waals surface area contributed by atoms with E-state index in [0.717, 1.165) is 18.4 Å². The molecule has 3 aromatic rings. The molecule has 26 heavy (non-hydrogen) atoms. The van der Waals surface area contributed by atoms with Crippen LogP contribution in [-0.2, 0) is 13.0 Å². The van der Waals surface area contributed by atoms with Crippen molar-refractivity contribution in [2.75, 3.05) is 0 Å². The summed E-state index contributed by atoms with van der Waals surface area (Å²) in [5.74, 6) is 0.00233. The van der Waals surface area contributed by atoms with Gasteiger partial charge in [0.1, 0.15) is 0 Å².